The van der Waals surface area contributed by atoms with E-state index in [4.69, 9.17) is 16.3 Å². The maximum Gasteiger partial charge on any atom is 0.126 e. The summed E-state index contributed by atoms with van der Waals surface area (Å²) in [5.41, 5.74) is 2.53. The number of rotatable bonds is 6. The second-order valence-electron chi connectivity index (χ2n) is 7.51. The van der Waals surface area contributed by atoms with E-state index in [9.17, 15) is 0 Å². The molecule has 0 aliphatic carbocycles. The molecule has 150 valence electrons. The van der Waals surface area contributed by atoms with Gasteiger partial charge in [-0.05, 0) is 34.7 Å². The third kappa shape index (κ3) is 4.99. The van der Waals surface area contributed by atoms with Gasteiger partial charge >= 0.3 is 0 Å². The molecule has 3 nitrogen and oxygen atoms in total. The highest BCUT2D eigenvalue weighted by Gasteiger charge is 2.17. The molecule has 0 radical (unpaired) electrons. The lowest BCUT2D eigenvalue weighted by Gasteiger charge is -2.34. The summed E-state index contributed by atoms with van der Waals surface area (Å²) >= 11 is 6.05. The van der Waals surface area contributed by atoms with E-state index < -0.39 is 0 Å². The van der Waals surface area contributed by atoms with Crippen molar-refractivity contribution in [3.05, 3.63) is 82.9 Å². The first-order chi connectivity index (χ1) is 14.2. The Morgan fingerprint density at radius 2 is 1.66 bits per heavy atom. The van der Waals surface area contributed by atoms with E-state index in [2.05, 4.69) is 64.4 Å². The summed E-state index contributed by atoms with van der Waals surface area (Å²) < 4.78 is 5.53. The van der Waals surface area contributed by atoms with Gasteiger partial charge in [0.2, 0.25) is 0 Å². The van der Waals surface area contributed by atoms with E-state index in [0.717, 1.165) is 55.6 Å². The number of halogens is 1. The van der Waals surface area contributed by atoms with Gasteiger partial charge in [0.25, 0.3) is 0 Å². The number of benzene rings is 3. The molecule has 0 N–H and O–H groups in total. The van der Waals surface area contributed by atoms with Crippen LogP contribution in [0.5, 0.6) is 5.75 Å². The molecule has 0 amide bonds. The molecule has 0 bridgehead atoms. The van der Waals surface area contributed by atoms with Gasteiger partial charge in [0, 0.05) is 49.7 Å². The molecule has 29 heavy (non-hydrogen) atoms. The number of piperazine rings is 1. The van der Waals surface area contributed by atoms with E-state index in [-0.39, 0.29) is 0 Å². The molecule has 1 aliphatic heterocycles. The van der Waals surface area contributed by atoms with Crippen molar-refractivity contribution >= 4 is 28.4 Å². The van der Waals surface area contributed by atoms with Crippen LogP contribution < -0.4 is 4.74 Å². The molecule has 0 saturated carbocycles. The minimum absolute atomic E-state index is 0.784. The van der Waals surface area contributed by atoms with Crippen LogP contribution in [0.3, 0.4) is 0 Å². The molecule has 0 atom stereocenters. The first-order valence-electron chi connectivity index (χ1n) is 10.1. The Bertz CT molecular complexity index is 993. The lowest BCUT2D eigenvalue weighted by atomic mass is 10.0. The average molecular weight is 407 g/mol. The summed E-state index contributed by atoms with van der Waals surface area (Å²) in [6.45, 7) is 6.32. The zero-order valence-electron chi connectivity index (χ0n) is 16.9. The van der Waals surface area contributed by atoms with Crippen LogP contribution in [0.1, 0.15) is 11.1 Å². The normalized spacial score (nSPS) is 15.9. The number of methoxy groups -OCH3 is 1. The second-order valence-corrected chi connectivity index (χ2v) is 7.94. The van der Waals surface area contributed by atoms with E-state index in [0.29, 0.717) is 0 Å². The smallest absolute Gasteiger partial charge is 0.126 e. The highest BCUT2D eigenvalue weighted by molar-refractivity contribution is 6.30. The Morgan fingerprint density at radius 1 is 0.897 bits per heavy atom. The summed E-state index contributed by atoms with van der Waals surface area (Å²) in [5, 5.41) is 3.27. The lowest BCUT2D eigenvalue weighted by molar-refractivity contribution is 0.137. The molecule has 0 spiro atoms. The van der Waals surface area contributed by atoms with Gasteiger partial charge in [-0.2, -0.15) is 0 Å². The van der Waals surface area contributed by atoms with Crippen molar-refractivity contribution in [1.82, 2.24) is 9.80 Å². The van der Waals surface area contributed by atoms with Crippen LogP contribution in [0.4, 0.5) is 0 Å². The molecule has 3 aromatic rings. The number of hydrogen-bond donors (Lipinski definition) is 0. The maximum absolute atomic E-state index is 6.05. The quantitative estimate of drug-likeness (QED) is 0.550. The monoisotopic (exact) mass is 406 g/mol. The van der Waals surface area contributed by atoms with Crippen LogP contribution in [0.25, 0.3) is 16.8 Å². The molecular weight excluding hydrogens is 380 g/mol. The molecule has 1 aliphatic rings. The molecule has 1 heterocycles. The lowest BCUT2D eigenvalue weighted by Crippen LogP contribution is -2.45. The van der Waals surface area contributed by atoms with Crippen LogP contribution in [0, 0.1) is 0 Å². The first-order valence-corrected chi connectivity index (χ1v) is 10.5. The summed E-state index contributed by atoms with van der Waals surface area (Å²) in [6.07, 6.45) is 4.39. The van der Waals surface area contributed by atoms with Gasteiger partial charge < -0.3 is 4.74 Å². The molecular formula is C25H27ClN2O. The first kappa shape index (κ1) is 20.0. The van der Waals surface area contributed by atoms with Gasteiger partial charge in [-0.25, -0.2) is 0 Å². The molecule has 4 heteroatoms. The van der Waals surface area contributed by atoms with Gasteiger partial charge in [0.15, 0.2) is 0 Å². The Morgan fingerprint density at radius 3 is 2.41 bits per heavy atom. The molecule has 0 unspecified atom stereocenters. The molecule has 3 aromatic carbocycles. The Labute approximate surface area is 178 Å². The van der Waals surface area contributed by atoms with Crippen LogP contribution in [-0.4, -0.2) is 49.6 Å². The SMILES string of the molecule is COc1ccc(CN2CCN(CC=Cc3cccc(Cl)c3)CC2)c2ccccc12. The van der Waals surface area contributed by atoms with Gasteiger partial charge in [0.05, 0.1) is 7.11 Å². The summed E-state index contributed by atoms with van der Waals surface area (Å²) in [4.78, 5) is 5.05. The van der Waals surface area contributed by atoms with Gasteiger partial charge in [-0.1, -0.05) is 66.2 Å². The fourth-order valence-corrected chi connectivity index (χ4v) is 4.17. The summed E-state index contributed by atoms with van der Waals surface area (Å²) in [5.74, 6) is 0.945. The Hall–Kier alpha value is -2.33. The predicted octanol–water partition coefficient (Wildman–Crippen LogP) is 5.33. The van der Waals surface area contributed by atoms with Crippen molar-refractivity contribution in [1.29, 1.82) is 0 Å². The predicted molar refractivity (Wildman–Crippen MR) is 123 cm³/mol. The van der Waals surface area contributed by atoms with Gasteiger partial charge in [-0.15, -0.1) is 0 Å². The average Bonchev–Trinajstić information content (AvgIpc) is 2.75. The molecule has 1 saturated heterocycles. The third-order valence-corrected chi connectivity index (χ3v) is 5.81. The van der Waals surface area contributed by atoms with Crippen molar-refractivity contribution in [2.24, 2.45) is 0 Å². The Kier molecular flexibility index (Phi) is 6.50. The molecule has 0 aromatic heterocycles. The number of nitrogens with zero attached hydrogens (tertiary/aromatic N) is 2. The molecule has 1 fully saturated rings. The van der Waals surface area contributed by atoms with E-state index in [1.807, 2.05) is 18.2 Å². The minimum atomic E-state index is 0.784. The minimum Gasteiger partial charge on any atom is -0.496 e. The topological polar surface area (TPSA) is 15.7 Å². The number of ether oxygens (including phenoxy) is 1. The fraction of sp³-hybridized carbons (Fsp3) is 0.280. The zero-order valence-corrected chi connectivity index (χ0v) is 17.6. The van der Waals surface area contributed by atoms with Crippen molar-refractivity contribution in [2.45, 2.75) is 6.54 Å². The largest absolute Gasteiger partial charge is 0.496 e. The third-order valence-electron chi connectivity index (χ3n) is 5.58. The number of hydrogen-bond acceptors (Lipinski definition) is 3. The Balaban J connectivity index is 1.33. The van der Waals surface area contributed by atoms with Crippen molar-refractivity contribution in [3.63, 3.8) is 0 Å². The summed E-state index contributed by atoms with van der Waals surface area (Å²) in [6, 6.07) is 20.8. The number of fused-ring (bicyclic) bond motifs is 1. The zero-order chi connectivity index (χ0) is 20.1. The van der Waals surface area contributed by atoms with Gasteiger partial charge in [-0.3, -0.25) is 9.80 Å². The van der Waals surface area contributed by atoms with Crippen molar-refractivity contribution in [3.8, 4) is 5.75 Å². The van der Waals surface area contributed by atoms with E-state index >= 15 is 0 Å². The standard InChI is InChI=1S/C25H27ClN2O/c1-29-25-12-11-21(23-9-2-3-10-24(23)25)19-28-16-14-27(15-17-28)13-5-7-20-6-4-8-22(26)18-20/h2-12,18H,13-17,19H2,1H3. The van der Waals surface area contributed by atoms with E-state index in [1.54, 1.807) is 7.11 Å². The van der Waals surface area contributed by atoms with Crippen LogP contribution in [0.2, 0.25) is 5.02 Å². The second kappa shape index (κ2) is 9.45. The highest BCUT2D eigenvalue weighted by atomic mass is 35.5. The van der Waals surface area contributed by atoms with Crippen LogP contribution >= 0.6 is 11.6 Å². The fourth-order valence-electron chi connectivity index (χ4n) is 3.97. The highest BCUT2D eigenvalue weighted by Crippen LogP contribution is 2.29. The van der Waals surface area contributed by atoms with Gasteiger partial charge in [0.1, 0.15) is 5.75 Å². The maximum atomic E-state index is 6.05. The van der Waals surface area contributed by atoms with Crippen LogP contribution in [0.15, 0.2) is 66.7 Å². The van der Waals surface area contributed by atoms with Crippen molar-refractivity contribution in [2.75, 3.05) is 39.8 Å². The van der Waals surface area contributed by atoms with E-state index in [1.165, 1.54) is 16.3 Å². The summed E-state index contributed by atoms with van der Waals surface area (Å²) in [7, 11) is 1.74. The van der Waals surface area contributed by atoms with Crippen LogP contribution in [-0.2, 0) is 6.54 Å². The van der Waals surface area contributed by atoms with Crippen molar-refractivity contribution < 1.29 is 4.74 Å². The molecule has 4 rings (SSSR count).